The van der Waals surface area contributed by atoms with Gasteiger partial charge in [0.1, 0.15) is 0 Å². The quantitative estimate of drug-likeness (QED) is 0.684. The number of nitrogens with one attached hydrogen (secondary N) is 2. The van der Waals surface area contributed by atoms with E-state index in [0.29, 0.717) is 6.04 Å². The number of rotatable bonds is 7. The van der Waals surface area contributed by atoms with Crippen LogP contribution in [0.15, 0.2) is 54.6 Å². The van der Waals surface area contributed by atoms with Crippen LogP contribution in [-0.4, -0.2) is 6.04 Å². The van der Waals surface area contributed by atoms with Gasteiger partial charge in [-0.1, -0.05) is 44.2 Å². The first-order valence-electron chi connectivity index (χ1n) is 7.83. The highest BCUT2D eigenvalue weighted by Gasteiger charge is 2.07. The summed E-state index contributed by atoms with van der Waals surface area (Å²) in [4.78, 5) is 0. The molecule has 112 valence electrons. The van der Waals surface area contributed by atoms with Gasteiger partial charge in [-0.2, -0.15) is 0 Å². The maximum absolute atomic E-state index is 3.62. The van der Waals surface area contributed by atoms with Crippen molar-refractivity contribution in [2.24, 2.45) is 5.92 Å². The third kappa shape index (κ3) is 5.14. The Morgan fingerprint density at radius 1 is 0.762 bits per heavy atom. The van der Waals surface area contributed by atoms with E-state index in [0.717, 1.165) is 23.0 Å². The molecule has 2 N–H and O–H groups in total. The summed E-state index contributed by atoms with van der Waals surface area (Å²) in [6, 6.07) is 19.2. The SMILES string of the molecule is CC(C)CC[C@@H](C)Nc1ccccc1Nc1ccccc1. The minimum Gasteiger partial charge on any atom is -0.381 e. The van der Waals surface area contributed by atoms with Crippen LogP contribution in [0.4, 0.5) is 17.1 Å². The van der Waals surface area contributed by atoms with E-state index in [1.807, 2.05) is 18.2 Å². The minimum absolute atomic E-state index is 0.478. The van der Waals surface area contributed by atoms with Gasteiger partial charge in [-0.05, 0) is 49.9 Å². The second kappa shape index (κ2) is 7.72. The van der Waals surface area contributed by atoms with E-state index in [1.54, 1.807) is 0 Å². The molecule has 2 aromatic rings. The fourth-order valence-corrected chi connectivity index (χ4v) is 2.32. The minimum atomic E-state index is 0.478. The molecular weight excluding hydrogens is 256 g/mol. The van der Waals surface area contributed by atoms with E-state index in [9.17, 15) is 0 Å². The van der Waals surface area contributed by atoms with Crippen LogP contribution >= 0.6 is 0 Å². The predicted octanol–water partition coefficient (Wildman–Crippen LogP) is 5.67. The average molecular weight is 282 g/mol. The van der Waals surface area contributed by atoms with Crippen molar-refractivity contribution in [1.82, 2.24) is 0 Å². The average Bonchev–Trinajstić information content (AvgIpc) is 2.48. The van der Waals surface area contributed by atoms with Gasteiger partial charge in [0.15, 0.2) is 0 Å². The van der Waals surface area contributed by atoms with Gasteiger partial charge in [0.2, 0.25) is 0 Å². The Balaban J connectivity index is 2.03. The standard InChI is InChI=1S/C19H26N2/c1-15(2)13-14-16(3)20-18-11-7-8-12-19(18)21-17-9-5-4-6-10-17/h4-12,15-16,20-21H,13-14H2,1-3H3/t16-/m1/s1. The second-order valence-electron chi connectivity index (χ2n) is 6.05. The monoisotopic (exact) mass is 282 g/mol. The van der Waals surface area contributed by atoms with Gasteiger partial charge >= 0.3 is 0 Å². The molecule has 0 bridgehead atoms. The second-order valence-corrected chi connectivity index (χ2v) is 6.05. The molecule has 1 atom stereocenters. The molecular formula is C19H26N2. The molecule has 0 aliphatic heterocycles. The van der Waals surface area contributed by atoms with Gasteiger partial charge < -0.3 is 10.6 Å². The number of anilines is 3. The van der Waals surface area contributed by atoms with Crippen molar-refractivity contribution in [3.8, 4) is 0 Å². The van der Waals surface area contributed by atoms with Crippen LogP contribution in [0.1, 0.15) is 33.6 Å². The third-order valence-electron chi connectivity index (χ3n) is 3.56. The first-order chi connectivity index (χ1) is 10.1. The van der Waals surface area contributed by atoms with Crippen LogP contribution < -0.4 is 10.6 Å². The number of hydrogen-bond acceptors (Lipinski definition) is 2. The van der Waals surface area contributed by atoms with Crippen molar-refractivity contribution in [1.29, 1.82) is 0 Å². The summed E-state index contributed by atoms with van der Waals surface area (Å²) in [7, 11) is 0. The number of para-hydroxylation sites is 3. The van der Waals surface area contributed by atoms with Crippen LogP contribution in [0.25, 0.3) is 0 Å². The molecule has 2 nitrogen and oxygen atoms in total. The summed E-state index contributed by atoms with van der Waals surface area (Å²) < 4.78 is 0. The van der Waals surface area contributed by atoms with Crippen molar-refractivity contribution in [3.05, 3.63) is 54.6 Å². The Morgan fingerprint density at radius 3 is 2.05 bits per heavy atom. The summed E-state index contributed by atoms with van der Waals surface area (Å²) >= 11 is 0. The third-order valence-corrected chi connectivity index (χ3v) is 3.56. The molecule has 0 aromatic heterocycles. The molecule has 0 amide bonds. The summed E-state index contributed by atoms with van der Waals surface area (Å²) in [6.45, 7) is 6.80. The Labute approximate surface area is 128 Å². The Morgan fingerprint density at radius 2 is 1.38 bits per heavy atom. The Kier molecular flexibility index (Phi) is 5.68. The van der Waals surface area contributed by atoms with Gasteiger partial charge in [-0.15, -0.1) is 0 Å². The van der Waals surface area contributed by atoms with Crippen molar-refractivity contribution in [2.75, 3.05) is 10.6 Å². The first kappa shape index (κ1) is 15.4. The van der Waals surface area contributed by atoms with Crippen LogP contribution in [0.2, 0.25) is 0 Å². The largest absolute Gasteiger partial charge is 0.381 e. The lowest BCUT2D eigenvalue weighted by molar-refractivity contribution is 0.528. The fraction of sp³-hybridized carbons (Fsp3) is 0.368. The zero-order chi connectivity index (χ0) is 15.1. The van der Waals surface area contributed by atoms with Crippen molar-refractivity contribution < 1.29 is 0 Å². The van der Waals surface area contributed by atoms with Crippen LogP contribution in [-0.2, 0) is 0 Å². The van der Waals surface area contributed by atoms with E-state index < -0.39 is 0 Å². The maximum Gasteiger partial charge on any atom is 0.0620 e. The van der Waals surface area contributed by atoms with Crippen molar-refractivity contribution in [2.45, 2.75) is 39.7 Å². The molecule has 0 aliphatic rings. The number of hydrogen-bond donors (Lipinski definition) is 2. The first-order valence-corrected chi connectivity index (χ1v) is 7.83. The van der Waals surface area contributed by atoms with E-state index in [4.69, 9.17) is 0 Å². The summed E-state index contributed by atoms with van der Waals surface area (Å²) in [5.41, 5.74) is 3.40. The zero-order valence-corrected chi connectivity index (χ0v) is 13.3. The van der Waals surface area contributed by atoms with Crippen LogP contribution in [0.5, 0.6) is 0 Å². The van der Waals surface area contributed by atoms with Gasteiger partial charge in [0, 0.05) is 11.7 Å². The maximum atomic E-state index is 3.62. The molecule has 0 heterocycles. The lowest BCUT2D eigenvalue weighted by Crippen LogP contribution is -2.16. The molecule has 0 saturated heterocycles. The molecule has 2 aromatic carbocycles. The molecule has 0 fully saturated rings. The van der Waals surface area contributed by atoms with Crippen LogP contribution in [0.3, 0.4) is 0 Å². The van der Waals surface area contributed by atoms with Gasteiger partial charge in [-0.25, -0.2) is 0 Å². The van der Waals surface area contributed by atoms with Gasteiger partial charge in [-0.3, -0.25) is 0 Å². The highest BCUT2D eigenvalue weighted by molar-refractivity contribution is 5.74. The molecule has 0 spiro atoms. The van der Waals surface area contributed by atoms with Crippen molar-refractivity contribution in [3.63, 3.8) is 0 Å². The molecule has 0 saturated carbocycles. The van der Waals surface area contributed by atoms with Gasteiger partial charge in [0.25, 0.3) is 0 Å². The lowest BCUT2D eigenvalue weighted by atomic mass is 10.0. The smallest absolute Gasteiger partial charge is 0.0620 e. The topological polar surface area (TPSA) is 24.1 Å². The normalized spacial score (nSPS) is 12.2. The van der Waals surface area contributed by atoms with Crippen molar-refractivity contribution >= 4 is 17.1 Å². The zero-order valence-electron chi connectivity index (χ0n) is 13.3. The highest BCUT2D eigenvalue weighted by atomic mass is 15.0. The summed E-state index contributed by atoms with van der Waals surface area (Å²) in [5, 5.41) is 7.10. The molecule has 2 heteroatoms. The summed E-state index contributed by atoms with van der Waals surface area (Å²) in [6.07, 6.45) is 2.44. The Bertz CT molecular complexity index is 534. The molecule has 0 aliphatic carbocycles. The summed E-state index contributed by atoms with van der Waals surface area (Å²) in [5.74, 6) is 0.756. The molecule has 2 rings (SSSR count). The number of benzene rings is 2. The molecule has 0 radical (unpaired) electrons. The van der Waals surface area contributed by atoms with E-state index in [1.165, 1.54) is 12.8 Å². The Hall–Kier alpha value is -1.96. The fourth-order valence-electron chi connectivity index (χ4n) is 2.32. The van der Waals surface area contributed by atoms with E-state index >= 15 is 0 Å². The predicted molar refractivity (Wildman–Crippen MR) is 93.3 cm³/mol. The van der Waals surface area contributed by atoms with Gasteiger partial charge in [0.05, 0.1) is 11.4 Å². The van der Waals surface area contributed by atoms with E-state index in [2.05, 4.69) is 67.8 Å². The van der Waals surface area contributed by atoms with Crippen LogP contribution in [0, 0.1) is 5.92 Å². The highest BCUT2D eigenvalue weighted by Crippen LogP contribution is 2.26. The molecule has 21 heavy (non-hydrogen) atoms. The lowest BCUT2D eigenvalue weighted by Gasteiger charge is -2.19. The van der Waals surface area contributed by atoms with E-state index in [-0.39, 0.29) is 0 Å². The molecule has 0 unspecified atom stereocenters.